The normalized spacial score (nSPS) is 12.2. The fraction of sp³-hybridized carbons (Fsp3) is 0.286. The van der Waals surface area contributed by atoms with E-state index >= 15 is 0 Å². The summed E-state index contributed by atoms with van der Waals surface area (Å²) in [4.78, 5) is 11.9. The summed E-state index contributed by atoms with van der Waals surface area (Å²) in [6.45, 7) is 3.66. The Labute approximate surface area is 122 Å². The summed E-state index contributed by atoms with van der Waals surface area (Å²) in [6.07, 6.45) is -0.588. The number of benzene rings is 1. The molecule has 0 bridgehead atoms. The van der Waals surface area contributed by atoms with Crippen molar-refractivity contribution in [2.45, 2.75) is 20.0 Å². The molecule has 106 valence electrons. The Morgan fingerprint density at radius 2 is 2.25 bits per heavy atom. The molecule has 20 heavy (non-hydrogen) atoms. The number of hydrogen-bond acceptors (Lipinski definition) is 3. The quantitative estimate of drug-likeness (QED) is 0.905. The summed E-state index contributed by atoms with van der Waals surface area (Å²) >= 11 is 5.95. The van der Waals surface area contributed by atoms with Crippen molar-refractivity contribution >= 4 is 17.5 Å². The van der Waals surface area contributed by atoms with E-state index in [0.29, 0.717) is 10.7 Å². The van der Waals surface area contributed by atoms with Crippen LogP contribution in [0.4, 0.5) is 0 Å². The van der Waals surface area contributed by atoms with E-state index in [9.17, 15) is 4.79 Å². The Morgan fingerprint density at radius 3 is 2.90 bits per heavy atom. The van der Waals surface area contributed by atoms with Crippen LogP contribution in [0.2, 0.25) is 5.02 Å². The van der Waals surface area contributed by atoms with E-state index in [1.165, 1.54) is 0 Å². The lowest BCUT2D eigenvalue weighted by Gasteiger charge is -2.05. The highest BCUT2D eigenvalue weighted by Gasteiger charge is 2.13. The second-order valence-corrected chi connectivity index (χ2v) is 5.06. The number of hydrogen-bond donors (Lipinski definition) is 2. The van der Waals surface area contributed by atoms with Crippen LogP contribution < -0.4 is 5.32 Å². The molecular formula is C14H16ClN3O2. The number of aliphatic hydroxyl groups is 1. The van der Waals surface area contributed by atoms with E-state index in [0.717, 1.165) is 11.4 Å². The smallest absolute Gasteiger partial charge is 0.271 e. The third-order valence-electron chi connectivity index (χ3n) is 2.73. The zero-order chi connectivity index (χ0) is 14.7. The first-order valence-corrected chi connectivity index (χ1v) is 6.64. The molecule has 0 aliphatic rings. The van der Waals surface area contributed by atoms with E-state index in [1.807, 2.05) is 19.1 Å². The molecule has 0 spiro atoms. The molecule has 2 aromatic rings. The minimum Gasteiger partial charge on any atom is -0.392 e. The lowest BCUT2D eigenvalue weighted by Crippen LogP contribution is -2.30. The monoisotopic (exact) mass is 293 g/mol. The topological polar surface area (TPSA) is 67.2 Å². The van der Waals surface area contributed by atoms with Gasteiger partial charge in [0.1, 0.15) is 0 Å². The molecule has 1 unspecified atom stereocenters. The van der Waals surface area contributed by atoms with E-state index in [4.69, 9.17) is 16.7 Å². The van der Waals surface area contributed by atoms with Gasteiger partial charge in [0.05, 0.1) is 11.8 Å². The second-order valence-electron chi connectivity index (χ2n) is 4.62. The Kier molecular flexibility index (Phi) is 4.42. The van der Waals surface area contributed by atoms with E-state index in [2.05, 4.69) is 10.4 Å². The molecule has 6 heteroatoms. The fourth-order valence-electron chi connectivity index (χ4n) is 1.79. The van der Waals surface area contributed by atoms with Crippen LogP contribution in [0.15, 0.2) is 30.3 Å². The highest BCUT2D eigenvalue weighted by Crippen LogP contribution is 2.16. The largest absolute Gasteiger partial charge is 0.392 e. The molecule has 0 aliphatic heterocycles. The van der Waals surface area contributed by atoms with Gasteiger partial charge in [-0.2, -0.15) is 5.10 Å². The van der Waals surface area contributed by atoms with Crippen molar-refractivity contribution in [1.82, 2.24) is 15.1 Å². The standard InChI is InChI=1S/C14H16ClN3O2/c1-9-6-13(14(20)16-8-10(2)19)17-18(9)12-5-3-4-11(15)7-12/h3-7,10,19H,8H2,1-2H3,(H,16,20). The van der Waals surface area contributed by atoms with Gasteiger partial charge in [-0.1, -0.05) is 17.7 Å². The van der Waals surface area contributed by atoms with Crippen LogP contribution in [0.5, 0.6) is 0 Å². The van der Waals surface area contributed by atoms with Crippen LogP contribution in [0.1, 0.15) is 23.1 Å². The highest BCUT2D eigenvalue weighted by atomic mass is 35.5. The van der Waals surface area contributed by atoms with Crippen LogP contribution in [-0.2, 0) is 0 Å². The van der Waals surface area contributed by atoms with Gasteiger partial charge in [0, 0.05) is 17.3 Å². The molecule has 2 N–H and O–H groups in total. The predicted molar refractivity (Wildman–Crippen MR) is 77.3 cm³/mol. The molecule has 1 amide bonds. The number of amides is 1. The maximum Gasteiger partial charge on any atom is 0.271 e. The van der Waals surface area contributed by atoms with E-state index < -0.39 is 6.10 Å². The minimum atomic E-state index is -0.588. The van der Waals surface area contributed by atoms with Crippen molar-refractivity contribution in [2.24, 2.45) is 0 Å². The summed E-state index contributed by atoms with van der Waals surface area (Å²) in [5, 5.41) is 16.6. The molecule has 1 heterocycles. The Morgan fingerprint density at radius 1 is 1.50 bits per heavy atom. The van der Waals surface area contributed by atoms with Crippen molar-refractivity contribution in [3.8, 4) is 5.69 Å². The number of rotatable bonds is 4. The SMILES string of the molecule is Cc1cc(C(=O)NCC(C)O)nn1-c1cccc(Cl)c1. The highest BCUT2D eigenvalue weighted by molar-refractivity contribution is 6.30. The zero-order valence-electron chi connectivity index (χ0n) is 11.3. The maximum absolute atomic E-state index is 11.9. The van der Waals surface area contributed by atoms with E-state index in [1.54, 1.807) is 29.8 Å². The summed E-state index contributed by atoms with van der Waals surface area (Å²) < 4.78 is 1.66. The van der Waals surface area contributed by atoms with Gasteiger partial charge in [0.15, 0.2) is 5.69 Å². The molecule has 1 atom stereocenters. The average molecular weight is 294 g/mol. The summed E-state index contributed by atoms with van der Waals surface area (Å²) in [7, 11) is 0. The Balaban J connectivity index is 2.23. The summed E-state index contributed by atoms with van der Waals surface area (Å²) in [5.41, 5.74) is 1.93. The van der Waals surface area contributed by atoms with Gasteiger partial charge in [-0.3, -0.25) is 4.79 Å². The number of carbonyl (C=O) groups excluding carboxylic acids is 1. The minimum absolute atomic E-state index is 0.196. The van der Waals surface area contributed by atoms with Crippen molar-refractivity contribution < 1.29 is 9.90 Å². The van der Waals surface area contributed by atoms with Crippen LogP contribution in [0.3, 0.4) is 0 Å². The molecule has 1 aromatic heterocycles. The molecule has 2 rings (SSSR count). The number of carbonyl (C=O) groups is 1. The van der Waals surface area contributed by atoms with Gasteiger partial charge in [0.2, 0.25) is 0 Å². The average Bonchev–Trinajstić information content (AvgIpc) is 2.78. The summed E-state index contributed by atoms with van der Waals surface area (Å²) in [5.74, 6) is -0.310. The van der Waals surface area contributed by atoms with Crippen LogP contribution in [-0.4, -0.2) is 33.4 Å². The van der Waals surface area contributed by atoms with Crippen molar-refractivity contribution in [1.29, 1.82) is 0 Å². The van der Waals surface area contributed by atoms with Gasteiger partial charge in [-0.25, -0.2) is 4.68 Å². The third-order valence-corrected chi connectivity index (χ3v) is 2.97. The first-order valence-electron chi connectivity index (χ1n) is 6.26. The number of nitrogens with zero attached hydrogens (tertiary/aromatic N) is 2. The number of aryl methyl sites for hydroxylation is 1. The molecule has 1 aromatic carbocycles. The number of aromatic nitrogens is 2. The van der Waals surface area contributed by atoms with Crippen molar-refractivity contribution in [3.05, 3.63) is 46.7 Å². The molecular weight excluding hydrogens is 278 g/mol. The number of aliphatic hydroxyl groups excluding tert-OH is 1. The van der Waals surface area contributed by atoms with Crippen LogP contribution in [0, 0.1) is 6.92 Å². The lowest BCUT2D eigenvalue weighted by atomic mass is 10.3. The van der Waals surface area contributed by atoms with Crippen molar-refractivity contribution in [3.63, 3.8) is 0 Å². The molecule has 0 fully saturated rings. The second kappa shape index (κ2) is 6.07. The number of halogens is 1. The van der Waals surface area contributed by atoms with Gasteiger partial charge < -0.3 is 10.4 Å². The van der Waals surface area contributed by atoms with Gasteiger partial charge in [0.25, 0.3) is 5.91 Å². The molecule has 0 saturated carbocycles. The first-order chi connectivity index (χ1) is 9.47. The van der Waals surface area contributed by atoms with Crippen LogP contribution in [0.25, 0.3) is 5.69 Å². The molecule has 0 aliphatic carbocycles. The maximum atomic E-state index is 11.9. The Bertz CT molecular complexity index is 623. The molecule has 0 radical (unpaired) electrons. The van der Waals surface area contributed by atoms with Gasteiger partial charge >= 0.3 is 0 Å². The molecule has 0 saturated heterocycles. The Hall–Kier alpha value is -1.85. The third kappa shape index (κ3) is 3.37. The fourth-order valence-corrected chi connectivity index (χ4v) is 1.97. The first kappa shape index (κ1) is 14.6. The van der Waals surface area contributed by atoms with Crippen molar-refractivity contribution in [2.75, 3.05) is 6.54 Å². The van der Waals surface area contributed by atoms with Crippen LogP contribution >= 0.6 is 11.6 Å². The summed E-state index contributed by atoms with van der Waals surface area (Å²) in [6, 6.07) is 8.94. The van der Waals surface area contributed by atoms with Gasteiger partial charge in [-0.05, 0) is 38.1 Å². The molecule has 5 nitrogen and oxygen atoms in total. The van der Waals surface area contributed by atoms with Gasteiger partial charge in [-0.15, -0.1) is 0 Å². The predicted octanol–water partition coefficient (Wildman–Crippen LogP) is 1.94. The number of nitrogens with one attached hydrogen (secondary N) is 1. The zero-order valence-corrected chi connectivity index (χ0v) is 12.1. The lowest BCUT2D eigenvalue weighted by molar-refractivity contribution is 0.0918. The van der Waals surface area contributed by atoms with E-state index in [-0.39, 0.29) is 12.5 Å².